The molecule has 0 radical (unpaired) electrons. The molecular weight excluding hydrogens is 858 g/mol. The third-order valence-electron chi connectivity index (χ3n) is 11.8. The molecule has 3 heterocycles. The maximum Gasteiger partial charge on any atom is 0.407 e. The normalized spacial score (nSPS) is 24.2. The highest BCUT2D eigenvalue weighted by Gasteiger charge is 2.63. The van der Waals surface area contributed by atoms with Gasteiger partial charge >= 0.3 is 18.0 Å². The topological polar surface area (TPSA) is 236 Å². The Labute approximate surface area is 378 Å². The van der Waals surface area contributed by atoms with E-state index in [0.29, 0.717) is 49.3 Å². The van der Waals surface area contributed by atoms with Crippen molar-refractivity contribution in [3.8, 4) is 5.75 Å². The smallest absolute Gasteiger partial charge is 0.407 e. The number of ether oxygens (including phenoxy) is 4. The van der Waals surface area contributed by atoms with E-state index >= 15 is 0 Å². The summed E-state index contributed by atoms with van der Waals surface area (Å²) in [7, 11) is 4.54. The van der Waals surface area contributed by atoms with E-state index in [1.807, 2.05) is 50.3 Å². The SMILES string of the molecule is CNC(=O)C[C@H](OC(=O)C(C)N(C)C(=O)CCCCCN1C(=O)CC(SCC(N)C(=O)O)C1=O)C1(C)OC1[C@H](C)C1CC(C/C=C/C=C(\C)Cc2ccc(Cl)c(OC)c2)NC(=O)O1. The molecule has 19 heteroatoms. The number of nitrogens with zero attached hydrogens (tertiary/aromatic N) is 2. The van der Waals surface area contributed by atoms with Gasteiger partial charge in [0.1, 0.15) is 35.6 Å². The Balaban J connectivity index is 1.25. The van der Waals surface area contributed by atoms with Crippen molar-refractivity contribution in [1.29, 1.82) is 0 Å². The van der Waals surface area contributed by atoms with Crippen LogP contribution in [0.5, 0.6) is 5.75 Å². The van der Waals surface area contributed by atoms with E-state index in [-0.39, 0.29) is 67.1 Å². The third kappa shape index (κ3) is 14.2. The number of unbranched alkanes of at least 4 members (excludes halogenated alkanes) is 2. The number of nitrogens with one attached hydrogen (secondary N) is 2. The molecule has 3 aliphatic rings. The van der Waals surface area contributed by atoms with E-state index in [9.17, 15) is 33.6 Å². The average molecular weight is 921 g/mol. The minimum atomic E-state index is -1.18. The number of hydrogen-bond acceptors (Lipinski definition) is 13. The van der Waals surface area contributed by atoms with Crippen molar-refractivity contribution in [3.63, 3.8) is 0 Å². The lowest BCUT2D eigenvalue weighted by Gasteiger charge is -2.33. The number of amides is 5. The van der Waals surface area contributed by atoms with E-state index in [4.69, 9.17) is 41.4 Å². The summed E-state index contributed by atoms with van der Waals surface area (Å²) in [4.78, 5) is 90.6. The second-order valence-corrected chi connectivity index (χ2v) is 18.2. The first-order valence-corrected chi connectivity index (χ1v) is 22.6. The predicted molar refractivity (Wildman–Crippen MR) is 236 cm³/mol. The fourth-order valence-electron chi connectivity index (χ4n) is 7.65. The van der Waals surface area contributed by atoms with Gasteiger partial charge in [0, 0.05) is 57.6 Å². The molecule has 3 aliphatic heterocycles. The maximum absolute atomic E-state index is 13.5. The quantitative estimate of drug-likeness (QED) is 0.0375. The zero-order valence-corrected chi connectivity index (χ0v) is 38.6. The monoisotopic (exact) mass is 919 g/mol. The van der Waals surface area contributed by atoms with Gasteiger partial charge in [-0.2, -0.15) is 0 Å². The molecule has 0 bridgehead atoms. The molecule has 0 saturated carbocycles. The van der Waals surface area contributed by atoms with Gasteiger partial charge in [-0.25, -0.2) is 9.59 Å². The number of hydrogen-bond donors (Lipinski definition) is 4. The highest BCUT2D eigenvalue weighted by molar-refractivity contribution is 8.00. The molecule has 3 saturated heterocycles. The number of carboxylic acid groups (broad SMARTS) is 1. The van der Waals surface area contributed by atoms with Gasteiger partial charge < -0.3 is 45.3 Å². The number of carboxylic acids is 1. The molecule has 17 nitrogen and oxygen atoms in total. The van der Waals surface area contributed by atoms with E-state index in [0.717, 1.165) is 22.9 Å². The Morgan fingerprint density at radius 3 is 2.60 bits per heavy atom. The standard InChI is InChI=1S/C44H62ClN5O12S/c1-25(19-28-16-17-30(45)33(20-28)59-7)13-10-11-14-29-21-32(60-43(58)48-29)26(2)39-44(4,62-39)35(23-36(51)47-5)61-42(57)27(3)49(6)37(52)15-9-8-12-18-50-38(53)22-34(40(50)54)63-24-31(46)41(55)56/h10-11,13,16-17,20,26-27,29,31-32,34-35,39H,8-9,12,14-15,18-19,21-24,46H2,1-7H3,(H,47,51)(H,48,58)(H,55,56)/b11-10+,25-13+/t26-,27?,29?,31?,32?,34?,35+,39?,44?/m1/s1. The van der Waals surface area contributed by atoms with Crippen LogP contribution in [-0.2, 0) is 49.4 Å². The largest absolute Gasteiger partial charge is 0.495 e. The summed E-state index contributed by atoms with van der Waals surface area (Å²) in [5.41, 5.74) is 6.64. The maximum atomic E-state index is 13.5. The van der Waals surface area contributed by atoms with Crippen LogP contribution < -0.4 is 21.1 Å². The van der Waals surface area contributed by atoms with Crippen molar-refractivity contribution in [2.24, 2.45) is 11.7 Å². The molecule has 0 aromatic heterocycles. The number of allylic oxidation sites excluding steroid dienone is 3. The lowest BCUT2D eigenvalue weighted by molar-refractivity contribution is -0.162. The molecule has 5 amide bonds. The Kier molecular flexibility index (Phi) is 18.9. The van der Waals surface area contributed by atoms with E-state index in [1.54, 1.807) is 14.0 Å². The summed E-state index contributed by atoms with van der Waals surface area (Å²) in [6, 6.07) is 3.35. The van der Waals surface area contributed by atoms with Crippen LogP contribution in [0.1, 0.15) is 84.6 Å². The Bertz CT molecular complexity index is 1920. The minimum absolute atomic E-state index is 0.0110. The molecule has 0 spiro atoms. The number of methoxy groups -OCH3 is 1. The molecule has 63 heavy (non-hydrogen) atoms. The first kappa shape index (κ1) is 51.0. The summed E-state index contributed by atoms with van der Waals surface area (Å²) in [5, 5.41) is 14.3. The lowest BCUT2D eigenvalue weighted by atomic mass is 9.85. The number of rotatable bonds is 24. The van der Waals surface area contributed by atoms with Crippen LogP contribution in [0.15, 0.2) is 42.0 Å². The predicted octanol–water partition coefficient (Wildman–Crippen LogP) is 4.17. The molecule has 9 atom stereocenters. The third-order valence-corrected chi connectivity index (χ3v) is 13.5. The number of carbonyl (C=O) groups is 7. The number of alkyl carbamates (subject to hydrolysis) is 1. The number of likely N-dealkylation sites (N-methyl/N-ethyl adjacent to an activating group) is 1. The zero-order valence-electron chi connectivity index (χ0n) is 37.1. The van der Waals surface area contributed by atoms with Gasteiger partial charge in [-0.1, -0.05) is 54.8 Å². The fourth-order valence-corrected chi connectivity index (χ4v) is 8.96. The second kappa shape index (κ2) is 23.3. The van der Waals surface area contributed by atoms with Crippen molar-refractivity contribution in [1.82, 2.24) is 20.4 Å². The number of carbonyl (C=O) groups excluding carboxylic acids is 6. The van der Waals surface area contributed by atoms with Crippen LogP contribution in [0, 0.1) is 5.92 Å². The van der Waals surface area contributed by atoms with Gasteiger partial charge in [-0.05, 0) is 64.2 Å². The average Bonchev–Trinajstić information content (AvgIpc) is 3.87. The van der Waals surface area contributed by atoms with E-state index < -0.39 is 59.3 Å². The van der Waals surface area contributed by atoms with Gasteiger partial charge in [0.2, 0.25) is 23.6 Å². The molecule has 1 aromatic carbocycles. The Morgan fingerprint density at radius 1 is 1.19 bits per heavy atom. The van der Waals surface area contributed by atoms with Crippen LogP contribution in [-0.4, -0.2) is 137 Å². The number of epoxide rings is 1. The van der Waals surface area contributed by atoms with Gasteiger partial charge in [-0.3, -0.25) is 28.9 Å². The summed E-state index contributed by atoms with van der Waals surface area (Å²) >= 11 is 7.21. The molecule has 3 fully saturated rings. The molecule has 348 valence electrons. The number of thioether (sulfide) groups is 1. The van der Waals surface area contributed by atoms with Crippen molar-refractivity contribution in [2.45, 2.75) is 133 Å². The molecule has 0 aliphatic carbocycles. The summed E-state index contributed by atoms with van der Waals surface area (Å²) in [6.45, 7) is 7.40. The highest BCUT2D eigenvalue weighted by Crippen LogP contribution is 2.48. The number of nitrogens with two attached hydrogens (primary N) is 1. The highest BCUT2D eigenvalue weighted by atomic mass is 35.5. The fraction of sp³-hybridized carbons (Fsp3) is 0.614. The number of halogens is 1. The van der Waals surface area contributed by atoms with Crippen LogP contribution in [0.25, 0.3) is 0 Å². The van der Waals surface area contributed by atoms with Crippen molar-refractivity contribution in [2.75, 3.05) is 33.5 Å². The van der Waals surface area contributed by atoms with E-state index in [2.05, 4.69) is 10.6 Å². The number of cyclic esters (lactones) is 1. The Morgan fingerprint density at radius 2 is 1.92 bits per heavy atom. The van der Waals surface area contributed by atoms with Crippen molar-refractivity contribution < 1.29 is 57.6 Å². The zero-order chi connectivity index (χ0) is 46.6. The Hall–Kier alpha value is -4.65. The van der Waals surface area contributed by atoms with Gasteiger partial charge in [0.05, 0.1) is 29.9 Å². The first-order valence-electron chi connectivity index (χ1n) is 21.2. The molecule has 4 rings (SSSR count). The molecule has 1 aromatic rings. The van der Waals surface area contributed by atoms with E-state index in [1.165, 1.54) is 30.8 Å². The number of benzene rings is 1. The lowest BCUT2D eigenvalue weighted by Crippen LogP contribution is -2.49. The van der Waals surface area contributed by atoms with Gasteiger partial charge in [-0.15, -0.1) is 11.8 Å². The van der Waals surface area contributed by atoms with Crippen LogP contribution in [0.4, 0.5) is 4.79 Å². The number of imide groups is 1. The number of likely N-dealkylation sites (tertiary alicyclic amines) is 1. The minimum Gasteiger partial charge on any atom is -0.495 e. The summed E-state index contributed by atoms with van der Waals surface area (Å²) in [6.07, 6.45) is 6.51. The molecule has 7 unspecified atom stereocenters. The van der Waals surface area contributed by atoms with Gasteiger partial charge in [0.15, 0.2) is 0 Å². The number of aliphatic carboxylic acids is 1. The summed E-state index contributed by atoms with van der Waals surface area (Å²) < 4.78 is 23.1. The first-order chi connectivity index (χ1) is 29.8. The molecule has 5 N–H and O–H groups in total. The van der Waals surface area contributed by atoms with Gasteiger partial charge in [0.25, 0.3) is 0 Å². The van der Waals surface area contributed by atoms with Crippen molar-refractivity contribution in [3.05, 3.63) is 52.6 Å². The molecular formula is C44H62ClN5O12S. The van der Waals surface area contributed by atoms with Crippen LogP contribution in [0.3, 0.4) is 0 Å². The summed E-state index contributed by atoms with van der Waals surface area (Å²) in [5.74, 6) is -2.98. The van der Waals surface area contributed by atoms with Crippen molar-refractivity contribution >= 4 is 65.0 Å². The second-order valence-electron chi connectivity index (χ2n) is 16.6. The number of esters is 1. The van der Waals surface area contributed by atoms with Crippen LogP contribution in [0.2, 0.25) is 5.02 Å². The van der Waals surface area contributed by atoms with Crippen LogP contribution >= 0.6 is 23.4 Å².